The molecule has 29 heavy (non-hydrogen) atoms. The molecule has 0 spiro atoms. The van der Waals surface area contributed by atoms with Crippen LogP contribution in [0, 0.1) is 0 Å². The van der Waals surface area contributed by atoms with Gasteiger partial charge in [0.25, 0.3) is 5.91 Å². The first-order chi connectivity index (χ1) is 13.8. The van der Waals surface area contributed by atoms with E-state index in [9.17, 15) is 23.1 Å². The summed E-state index contributed by atoms with van der Waals surface area (Å²) in [7, 11) is 1.36. The predicted molar refractivity (Wildman–Crippen MR) is 97.6 cm³/mol. The number of halogens is 3. The number of ether oxygens (including phenoxy) is 2. The maximum absolute atomic E-state index is 12.6. The van der Waals surface area contributed by atoms with E-state index in [1.807, 2.05) is 0 Å². The van der Waals surface area contributed by atoms with Gasteiger partial charge in [-0.2, -0.15) is 13.2 Å². The molecular weight excluding hydrogens is 389 g/mol. The lowest BCUT2D eigenvalue weighted by Crippen LogP contribution is -2.25. The monoisotopic (exact) mass is 406 g/mol. The van der Waals surface area contributed by atoms with Crippen LogP contribution < -0.4 is 14.8 Å². The molecule has 152 valence electrons. The molecule has 1 aromatic heterocycles. The molecule has 2 N–H and O–H groups in total. The van der Waals surface area contributed by atoms with E-state index in [0.717, 1.165) is 12.1 Å². The smallest absolute Gasteiger partial charge is 0.416 e. The third kappa shape index (κ3) is 4.87. The summed E-state index contributed by atoms with van der Waals surface area (Å²) in [5, 5.41) is 12.6. The van der Waals surface area contributed by atoms with Crippen LogP contribution >= 0.6 is 0 Å². The number of carbonyl (C=O) groups is 1. The Hall–Kier alpha value is -3.49. The molecule has 1 amide bonds. The van der Waals surface area contributed by atoms with E-state index in [0.29, 0.717) is 17.9 Å². The largest absolute Gasteiger partial charge is 0.503 e. The maximum atomic E-state index is 12.6. The fourth-order valence-corrected chi connectivity index (χ4v) is 2.64. The van der Waals surface area contributed by atoms with Crippen molar-refractivity contribution in [1.82, 2.24) is 10.3 Å². The Balaban J connectivity index is 1.59. The van der Waals surface area contributed by atoms with E-state index in [1.54, 1.807) is 18.2 Å². The highest BCUT2D eigenvalue weighted by Crippen LogP contribution is 2.31. The van der Waals surface area contributed by atoms with Crippen molar-refractivity contribution in [3.63, 3.8) is 0 Å². The van der Waals surface area contributed by atoms with Crippen LogP contribution in [0.4, 0.5) is 13.2 Å². The van der Waals surface area contributed by atoms with Gasteiger partial charge in [-0.1, -0.05) is 6.08 Å². The minimum Gasteiger partial charge on any atom is -0.503 e. The second-order valence-corrected chi connectivity index (χ2v) is 6.10. The molecule has 3 rings (SSSR count). The summed E-state index contributed by atoms with van der Waals surface area (Å²) < 4.78 is 48.4. The summed E-state index contributed by atoms with van der Waals surface area (Å²) in [6.07, 6.45) is 1.92. The van der Waals surface area contributed by atoms with Crippen LogP contribution in [0.25, 0.3) is 0 Å². The third-order valence-corrected chi connectivity index (χ3v) is 4.11. The number of aromatic hydroxyl groups is 1. The number of allylic oxidation sites excluding steroid dienone is 1. The molecule has 1 aliphatic carbocycles. The lowest BCUT2D eigenvalue weighted by atomic mass is 10.1. The molecule has 1 atom stereocenters. The summed E-state index contributed by atoms with van der Waals surface area (Å²) in [5.41, 5.74) is -0.448. The van der Waals surface area contributed by atoms with Gasteiger partial charge in [0.2, 0.25) is 0 Å². The van der Waals surface area contributed by atoms with Crippen molar-refractivity contribution in [2.75, 3.05) is 7.11 Å². The Bertz CT molecular complexity index is 953. The summed E-state index contributed by atoms with van der Waals surface area (Å²) in [5.74, 6) is -0.543. The van der Waals surface area contributed by atoms with Crippen molar-refractivity contribution in [3.8, 4) is 17.2 Å². The number of rotatable bonds is 5. The first-order valence-corrected chi connectivity index (χ1v) is 8.53. The van der Waals surface area contributed by atoms with Gasteiger partial charge in [-0.05, 0) is 36.4 Å². The van der Waals surface area contributed by atoms with Gasteiger partial charge in [0, 0.05) is 24.4 Å². The van der Waals surface area contributed by atoms with Gasteiger partial charge in [0.15, 0.2) is 17.2 Å². The van der Waals surface area contributed by atoms with Crippen molar-refractivity contribution in [3.05, 3.63) is 71.7 Å². The number of benzene rings is 1. The fraction of sp³-hybridized carbons (Fsp3) is 0.200. The minimum atomic E-state index is -4.40. The number of methoxy groups -OCH3 is 1. The number of amides is 1. The summed E-state index contributed by atoms with van der Waals surface area (Å²) in [6, 6.07) is 5.85. The SMILES string of the molecule is COc1ccnc(C(=O)NC2=CCC(Oc3ccc(C(F)(F)F)cc3)C=C2)c1O. The standard InChI is InChI=1S/C20H17F3N2O4/c1-28-16-10-11-24-17(18(16)26)19(27)25-13-4-8-15(9-5-13)29-14-6-2-12(3-7-14)20(21,22)23/h2-8,10-11,15,26H,9H2,1H3,(H,25,27). The van der Waals surface area contributed by atoms with Crippen LogP contribution in [0.2, 0.25) is 0 Å². The molecular formula is C20H17F3N2O4. The number of pyridine rings is 1. The van der Waals surface area contributed by atoms with Gasteiger partial charge >= 0.3 is 6.18 Å². The second-order valence-electron chi connectivity index (χ2n) is 6.10. The highest BCUT2D eigenvalue weighted by Gasteiger charge is 2.30. The molecule has 0 bridgehead atoms. The van der Waals surface area contributed by atoms with E-state index in [-0.39, 0.29) is 17.2 Å². The molecule has 0 aliphatic heterocycles. The molecule has 1 aliphatic rings. The molecule has 0 saturated carbocycles. The topological polar surface area (TPSA) is 80.7 Å². The molecule has 2 aromatic rings. The zero-order chi connectivity index (χ0) is 21.0. The number of alkyl halides is 3. The van der Waals surface area contributed by atoms with E-state index < -0.39 is 23.8 Å². The van der Waals surface area contributed by atoms with Crippen molar-refractivity contribution in [1.29, 1.82) is 0 Å². The van der Waals surface area contributed by atoms with Crippen LogP contribution in [-0.4, -0.2) is 29.2 Å². The molecule has 1 aromatic carbocycles. The van der Waals surface area contributed by atoms with Gasteiger partial charge in [-0.15, -0.1) is 0 Å². The van der Waals surface area contributed by atoms with Crippen molar-refractivity contribution in [2.45, 2.75) is 18.7 Å². The number of nitrogens with zero attached hydrogens (tertiary/aromatic N) is 1. The Labute approximate surface area is 164 Å². The van der Waals surface area contributed by atoms with E-state index in [2.05, 4.69) is 10.3 Å². The number of hydrogen-bond donors (Lipinski definition) is 2. The zero-order valence-electron chi connectivity index (χ0n) is 15.2. The van der Waals surface area contributed by atoms with Crippen molar-refractivity contribution in [2.24, 2.45) is 0 Å². The number of nitrogens with one attached hydrogen (secondary N) is 1. The normalized spacial score (nSPS) is 16.1. The summed E-state index contributed by atoms with van der Waals surface area (Å²) in [6.45, 7) is 0. The van der Waals surface area contributed by atoms with Crippen LogP contribution in [0.1, 0.15) is 22.5 Å². The summed E-state index contributed by atoms with van der Waals surface area (Å²) in [4.78, 5) is 16.1. The van der Waals surface area contributed by atoms with Gasteiger partial charge in [0.1, 0.15) is 11.9 Å². The second kappa shape index (κ2) is 8.26. The van der Waals surface area contributed by atoms with Gasteiger partial charge in [-0.25, -0.2) is 4.98 Å². The molecule has 6 nitrogen and oxygen atoms in total. The van der Waals surface area contributed by atoms with Crippen LogP contribution in [0.15, 0.2) is 60.5 Å². The molecule has 9 heteroatoms. The Morgan fingerprint density at radius 1 is 1.24 bits per heavy atom. The van der Waals surface area contributed by atoms with E-state index >= 15 is 0 Å². The molecule has 0 saturated heterocycles. The lowest BCUT2D eigenvalue weighted by molar-refractivity contribution is -0.137. The average Bonchev–Trinajstić information content (AvgIpc) is 2.69. The van der Waals surface area contributed by atoms with Crippen LogP contribution in [0.3, 0.4) is 0 Å². The van der Waals surface area contributed by atoms with E-state index in [1.165, 1.54) is 31.5 Å². The first kappa shape index (κ1) is 20.2. The van der Waals surface area contributed by atoms with Crippen molar-refractivity contribution < 1.29 is 32.5 Å². The zero-order valence-corrected chi connectivity index (χ0v) is 15.2. The predicted octanol–water partition coefficient (Wildman–Crippen LogP) is 3.84. The Kier molecular flexibility index (Phi) is 5.76. The van der Waals surface area contributed by atoms with Gasteiger partial charge in [-0.3, -0.25) is 4.79 Å². The minimum absolute atomic E-state index is 0.128. The number of carbonyl (C=O) groups excluding carboxylic acids is 1. The highest BCUT2D eigenvalue weighted by atomic mass is 19.4. The fourth-order valence-electron chi connectivity index (χ4n) is 2.64. The third-order valence-electron chi connectivity index (χ3n) is 4.11. The number of hydrogen-bond acceptors (Lipinski definition) is 5. The van der Waals surface area contributed by atoms with Crippen LogP contribution in [0.5, 0.6) is 17.2 Å². The average molecular weight is 406 g/mol. The Morgan fingerprint density at radius 3 is 2.55 bits per heavy atom. The quantitative estimate of drug-likeness (QED) is 0.789. The maximum Gasteiger partial charge on any atom is 0.416 e. The van der Waals surface area contributed by atoms with Gasteiger partial charge in [0.05, 0.1) is 12.7 Å². The molecule has 0 radical (unpaired) electrons. The van der Waals surface area contributed by atoms with Crippen molar-refractivity contribution >= 4 is 5.91 Å². The number of aromatic nitrogens is 1. The van der Waals surface area contributed by atoms with E-state index in [4.69, 9.17) is 9.47 Å². The van der Waals surface area contributed by atoms with Crippen LogP contribution in [-0.2, 0) is 6.18 Å². The summed E-state index contributed by atoms with van der Waals surface area (Å²) >= 11 is 0. The molecule has 1 unspecified atom stereocenters. The molecule has 0 fully saturated rings. The highest BCUT2D eigenvalue weighted by molar-refractivity contribution is 5.96. The van der Waals surface area contributed by atoms with Gasteiger partial charge < -0.3 is 19.9 Å². The lowest BCUT2D eigenvalue weighted by Gasteiger charge is -2.19. The molecule has 1 heterocycles. The first-order valence-electron chi connectivity index (χ1n) is 8.53. The Morgan fingerprint density at radius 2 is 1.97 bits per heavy atom.